The van der Waals surface area contributed by atoms with Crippen LogP contribution >= 0.6 is 23.5 Å². The van der Waals surface area contributed by atoms with E-state index in [1.165, 1.54) is 4.91 Å². The molecule has 0 saturated carbocycles. The summed E-state index contributed by atoms with van der Waals surface area (Å²) in [6.45, 7) is 6.09. The Morgan fingerprint density at radius 1 is 0.971 bits per heavy atom. The lowest BCUT2D eigenvalue weighted by molar-refractivity contribution is -0.153. The summed E-state index contributed by atoms with van der Waals surface area (Å²) in [6.07, 6.45) is 7.09. The van der Waals surface area contributed by atoms with Gasteiger partial charge in [0, 0.05) is 52.8 Å². The van der Waals surface area contributed by atoms with Crippen LogP contribution in [0.5, 0.6) is 0 Å². The average molecular weight is 512 g/mol. The molecular formula is C26H29N3O4S2. The monoisotopic (exact) mass is 511 g/mol. The van der Waals surface area contributed by atoms with Crippen molar-refractivity contribution in [2.24, 2.45) is 5.92 Å². The summed E-state index contributed by atoms with van der Waals surface area (Å²) >= 11 is 3.56. The maximum atomic E-state index is 13.3. The maximum Gasteiger partial charge on any atom is 0.336 e. The number of pyridine rings is 2. The summed E-state index contributed by atoms with van der Waals surface area (Å²) in [4.78, 5) is 36.9. The molecule has 184 valence electrons. The van der Waals surface area contributed by atoms with E-state index in [9.17, 15) is 9.59 Å². The summed E-state index contributed by atoms with van der Waals surface area (Å²) in [5, 5.41) is 3.29. The van der Waals surface area contributed by atoms with Gasteiger partial charge in [-0.3, -0.25) is 9.97 Å². The van der Waals surface area contributed by atoms with Crippen LogP contribution in [0.3, 0.4) is 0 Å². The fraction of sp³-hybridized carbons (Fsp3) is 0.385. The van der Waals surface area contributed by atoms with E-state index < -0.39 is 5.54 Å². The van der Waals surface area contributed by atoms with Gasteiger partial charge in [-0.25, -0.2) is 9.59 Å². The van der Waals surface area contributed by atoms with Crippen molar-refractivity contribution >= 4 is 35.5 Å². The van der Waals surface area contributed by atoms with E-state index in [2.05, 4.69) is 22.2 Å². The van der Waals surface area contributed by atoms with Crippen molar-refractivity contribution in [3.8, 4) is 0 Å². The highest BCUT2D eigenvalue weighted by molar-refractivity contribution is 8.10. The first-order valence-corrected chi connectivity index (χ1v) is 13.4. The van der Waals surface area contributed by atoms with Crippen molar-refractivity contribution in [1.82, 2.24) is 15.3 Å². The number of hydrogen-bond donors (Lipinski definition) is 1. The maximum absolute atomic E-state index is 13.3. The van der Waals surface area contributed by atoms with Crippen molar-refractivity contribution in [2.75, 3.05) is 11.5 Å². The molecule has 2 aliphatic rings. The first-order chi connectivity index (χ1) is 16.9. The molecule has 0 spiro atoms. The molecule has 35 heavy (non-hydrogen) atoms. The summed E-state index contributed by atoms with van der Waals surface area (Å²) in [7, 11) is 0. The van der Waals surface area contributed by atoms with Gasteiger partial charge in [0.2, 0.25) is 0 Å². The number of thioether (sulfide) groups is 2. The zero-order chi connectivity index (χ0) is 24.8. The largest absolute Gasteiger partial charge is 0.459 e. The third-order valence-corrected chi connectivity index (χ3v) is 8.82. The molecule has 2 atom stereocenters. The number of allylic oxidation sites excluding steroid dienone is 3. The number of nitrogens with one attached hydrogen (secondary N) is 1. The van der Waals surface area contributed by atoms with Gasteiger partial charge in [0.15, 0.2) is 0 Å². The lowest BCUT2D eigenvalue weighted by atomic mass is 9.79. The number of aromatic nitrogens is 2. The van der Waals surface area contributed by atoms with Gasteiger partial charge in [-0.1, -0.05) is 0 Å². The highest BCUT2D eigenvalue weighted by Gasteiger charge is 2.46. The number of hydrogen-bond acceptors (Lipinski definition) is 9. The van der Waals surface area contributed by atoms with Crippen molar-refractivity contribution < 1.29 is 19.1 Å². The van der Waals surface area contributed by atoms with Crippen LogP contribution in [0.1, 0.15) is 38.3 Å². The highest BCUT2D eigenvalue weighted by Crippen LogP contribution is 2.46. The van der Waals surface area contributed by atoms with E-state index >= 15 is 0 Å². The third-order valence-electron chi connectivity index (χ3n) is 6.06. The highest BCUT2D eigenvalue weighted by atomic mass is 32.2. The first-order valence-electron chi connectivity index (χ1n) is 11.4. The average Bonchev–Trinajstić information content (AvgIpc) is 2.87. The van der Waals surface area contributed by atoms with Gasteiger partial charge in [-0.05, 0) is 67.5 Å². The molecule has 2 unspecified atom stereocenters. The van der Waals surface area contributed by atoms with Gasteiger partial charge in [0.1, 0.15) is 18.8 Å². The Morgan fingerprint density at radius 2 is 1.54 bits per heavy atom. The zero-order valence-electron chi connectivity index (χ0n) is 20.1. The van der Waals surface area contributed by atoms with E-state index in [1.54, 1.807) is 48.3 Å². The minimum atomic E-state index is -0.980. The number of esters is 2. The molecule has 0 saturated heterocycles. The van der Waals surface area contributed by atoms with E-state index in [0.717, 1.165) is 27.5 Å². The molecule has 0 aliphatic carbocycles. The summed E-state index contributed by atoms with van der Waals surface area (Å²) in [5.74, 6) is 1.01. The Balaban J connectivity index is 1.58. The lowest BCUT2D eigenvalue weighted by Gasteiger charge is -2.40. The number of nitrogens with zero attached hydrogens (tertiary/aromatic N) is 2. The van der Waals surface area contributed by atoms with Gasteiger partial charge in [-0.2, -0.15) is 0 Å². The molecule has 2 aromatic rings. The second-order valence-electron chi connectivity index (χ2n) is 8.73. The van der Waals surface area contributed by atoms with Crippen LogP contribution in [-0.2, 0) is 32.3 Å². The molecule has 2 aromatic heterocycles. The quantitative estimate of drug-likeness (QED) is 0.535. The van der Waals surface area contributed by atoms with Crippen LogP contribution in [0, 0.1) is 5.92 Å². The molecule has 0 bridgehead atoms. The van der Waals surface area contributed by atoms with Crippen LogP contribution in [0.15, 0.2) is 70.1 Å². The normalized spacial score (nSPS) is 22.4. The zero-order valence-corrected chi connectivity index (χ0v) is 21.7. The minimum Gasteiger partial charge on any atom is -0.459 e. The fourth-order valence-electron chi connectivity index (χ4n) is 4.32. The second-order valence-corrected chi connectivity index (χ2v) is 11.2. The Kier molecular flexibility index (Phi) is 8.18. The smallest absolute Gasteiger partial charge is 0.336 e. The van der Waals surface area contributed by atoms with Crippen molar-refractivity contribution in [1.29, 1.82) is 0 Å². The second kappa shape index (κ2) is 11.3. The first kappa shape index (κ1) is 25.3. The van der Waals surface area contributed by atoms with Crippen LogP contribution in [0.25, 0.3) is 0 Å². The molecule has 0 fully saturated rings. The van der Waals surface area contributed by atoms with Gasteiger partial charge in [0.25, 0.3) is 0 Å². The summed E-state index contributed by atoms with van der Waals surface area (Å²) in [5.41, 5.74) is 1.97. The van der Waals surface area contributed by atoms with Gasteiger partial charge in [0.05, 0.1) is 5.57 Å². The molecule has 0 aromatic carbocycles. The molecule has 4 rings (SSSR count). The fourth-order valence-corrected chi connectivity index (χ4v) is 6.75. The van der Waals surface area contributed by atoms with Crippen LogP contribution < -0.4 is 5.32 Å². The Labute approximate surface area is 214 Å². The standard InChI is InChI=1S/C26H29N3O4S2/c1-17-22(24(30)32-15-19-4-8-27-9-5-19)21(23-18(2)34-12-13-35-23)14-26(3,29-17)25(31)33-16-20-6-10-28-11-7-20/h4-11,21,29H,12-16H2,1-3H3. The predicted molar refractivity (Wildman–Crippen MR) is 138 cm³/mol. The lowest BCUT2D eigenvalue weighted by Crippen LogP contribution is -2.54. The molecule has 0 radical (unpaired) electrons. The SMILES string of the molecule is CC1=C(C(=O)OCc2ccncc2)C(C2=C(C)SCCS2)CC(C)(C(=O)OCc2ccncc2)N1. The Hall–Kier alpha value is -2.78. The van der Waals surface area contributed by atoms with Gasteiger partial charge >= 0.3 is 11.9 Å². The molecule has 7 nitrogen and oxygen atoms in total. The predicted octanol–water partition coefficient (Wildman–Crippen LogP) is 4.62. The molecule has 1 N–H and O–H groups in total. The molecular weight excluding hydrogens is 482 g/mol. The Bertz CT molecular complexity index is 1140. The van der Waals surface area contributed by atoms with Crippen LogP contribution in [0.4, 0.5) is 0 Å². The molecule has 4 heterocycles. The number of rotatable bonds is 7. The summed E-state index contributed by atoms with van der Waals surface area (Å²) in [6, 6.07) is 7.28. The number of carbonyl (C=O) groups excluding carboxylic acids is 2. The Morgan fingerprint density at radius 3 is 2.14 bits per heavy atom. The van der Waals surface area contributed by atoms with E-state index in [1.807, 2.05) is 38.1 Å². The third kappa shape index (κ3) is 6.08. The van der Waals surface area contributed by atoms with Crippen LogP contribution in [0.2, 0.25) is 0 Å². The van der Waals surface area contributed by atoms with Crippen LogP contribution in [-0.4, -0.2) is 39.0 Å². The topological polar surface area (TPSA) is 90.4 Å². The van der Waals surface area contributed by atoms with E-state index in [-0.39, 0.29) is 31.1 Å². The van der Waals surface area contributed by atoms with Crippen molar-refractivity contribution in [2.45, 2.75) is 45.9 Å². The van der Waals surface area contributed by atoms with Crippen molar-refractivity contribution in [3.05, 3.63) is 81.3 Å². The number of ether oxygens (including phenoxy) is 2. The van der Waals surface area contributed by atoms with E-state index in [0.29, 0.717) is 17.7 Å². The van der Waals surface area contributed by atoms with E-state index in [4.69, 9.17) is 9.47 Å². The molecule has 0 amide bonds. The number of carbonyl (C=O) groups is 2. The summed E-state index contributed by atoms with van der Waals surface area (Å²) < 4.78 is 11.4. The minimum absolute atomic E-state index is 0.163. The van der Waals surface area contributed by atoms with Gasteiger partial charge in [-0.15, -0.1) is 23.5 Å². The van der Waals surface area contributed by atoms with Gasteiger partial charge < -0.3 is 14.8 Å². The molecule has 2 aliphatic heterocycles. The van der Waals surface area contributed by atoms with Crippen molar-refractivity contribution in [3.63, 3.8) is 0 Å². The molecule has 9 heteroatoms.